The third kappa shape index (κ3) is 2.94. The van der Waals surface area contributed by atoms with Crippen molar-refractivity contribution in [3.63, 3.8) is 0 Å². The van der Waals surface area contributed by atoms with Crippen molar-refractivity contribution in [2.75, 3.05) is 5.32 Å². The van der Waals surface area contributed by atoms with Crippen molar-refractivity contribution in [2.24, 2.45) is 0 Å². The summed E-state index contributed by atoms with van der Waals surface area (Å²) >= 11 is 7.29. The third-order valence-corrected chi connectivity index (χ3v) is 6.41. The van der Waals surface area contributed by atoms with E-state index < -0.39 is 9.84 Å². The molecule has 2 aromatic heterocycles. The molecule has 4 rings (SSSR count). The van der Waals surface area contributed by atoms with Crippen LogP contribution < -0.4 is 5.32 Å². The fraction of sp³-hybridized carbons (Fsp3) is 0.188. The first-order valence-electron chi connectivity index (χ1n) is 7.36. The summed E-state index contributed by atoms with van der Waals surface area (Å²) in [6, 6.07) is 9.98. The molecule has 1 fully saturated rings. The lowest BCUT2D eigenvalue weighted by Gasteiger charge is -2.04. The number of aromatic nitrogens is 1. The fourth-order valence-electron chi connectivity index (χ4n) is 2.22. The molecule has 0 unspecified atom stereocenters. The molecule has 24 heavy (non-hydrogen) atoms. The lowest BCUT2D eigenvalue weighted by atomic mass is 10.4. The van der Waals surface area contributed by atoms with Gasteiger partial charge in [-0.1, -0.05) is 17.7 Å². The van der Waals surface area contributed by atoms with Crippen molar-refractivity contribution in [3.8, 4) is 10.8 Å². The van der Waals surface area contributed by atoms with Crippen LogP contribution >= 0.6 is 22.9 Å². The summed E-state index contributed by atoms with van der Waals surface area (Å²) < 4.78 is 31.6. The molecule has 1 N–H and O–H groups in total. The SMILES string of the molecule is O=S(=O)(c1ccc(Cl)cc1)c1nc(-c2cccs2)oc1NC1CC1. The van der Waals surface area contributed by atoms with Crippen LogP contribution in [0.3, 0.4) is 0 Å². The Bertz CT molecular complexity index is 959. The first-order valence-corrected chi connectivity index (χ1v) is 10.1. The Morgan fingerprint density at radius 1 is 1.21 bits per heavy atom. The number of hydrogen-bond acceptors (Lipinski definition) is 6. The van der Waals surface area contributed by atoms with Gasteiger partial charge < -0.3 is 9.73 Å². The van der Waals surface area contributed by atoms with Gasteiger partial charge in [-0.05, 0) is 48.6 Å². The number of thiophene rings is 1. The summed E-state index contributed by atoms with van der Waals surface area (Å²) in [5, 5.41) is 5.41. The molecular formula is C16H13ClN2O3S2. The molecule has 0 atom stereocenters. The second kappa shape index (κ2) is 5.91. The van der Waals surface area contributed by atoms with E-state index in [1.54, 1.807) is 12.1 Å². The van der Waals surface area contributed by atoms with Crippen LogP contribution in [0.1, 0.15) is 12.8 Å². The van der Waals surface area contributed by atoms with Crippen LogP contribution in [-0.2, 0) is 9.84 Å². The van der Waals surface area contributed by atoms with Gasteiger partial charge in [-0.3, -0.25) is 0 Å². The van der Waals surface area contributed by atoms with Crippen molar-refractivity contribution in [1.82, 2.24) is 4.98 Å². The maximum absolute atomic E-state index is 12.9. The van der Waals surface area contributed by atoms with Crippen LogP contribution in [0.25, 0.3) is 10.8 Å². The largest absolute Gasteiger partial charge is 0.418 e. The molecule has 1 aromatic carbocycles. The Labute approximate surface area is 148 Å². The number of nitrogens with zero attached hydrogens (tertiary/aromatic N) is 1. The maximum Gasteiger partial charge on any atom is 0.240 e. The Kier molecular flexibility index (Phi) is 3.86. The number of oxazole rings is 1. The van der Waals surface area contributed by atoms with Gasteiger partial charge in [0.2, 0.25) is 26.6 Å². The molecule has 124 valence electrons. The molecule has 0 saturated heterocycles. The lowest BCUT2D eigenvalue weighted by molar-refractivity contribution is 0.577. The van der Waals surface area contributed by atoms with Crippen LogP contribution in [0, 0.1) is 0 Å². The van der Waals surface area contributed by atoms with Crippen LogP contribution in [0.15, 0.2) is 56.1 Å². The van der Waals surface area contributed by atoms with Gasteiger partial charge >= 0.3 is 0 Å². The third-order valence-electron chi connectivity index (χ3n) is 3.62. The maximum atomic E-state index is 12.9. The van der Waals surface area contributed by atoms with E-state index in [1.807, 2.05) is 17.5 Å². The van der Waals surface area contributed by atoms with Crippen molar-refractivity contribution in [2.45, 2.75) is 28.8 Å². The highest BCUT2D eigenvalue weighted by molar-refractivity contribution is 7.91. The van der Waals surface area contributed by atoms with Gasteiger partial charge in [-0.25, -0.2) is 8.42 Å². The van der Waals surface area contributed by atoms with Gasteiger partial charge in [0.1, 0.15) is 0 Å². The summed E-state index contributed by atoms with van der Waals surface area (Å²) in [6.45, 7) is 0. The van der Waals surface area contributed by atoms with E-state index >= 15 is 0 Å². The normalized spacial score (nSPS) is 14.7. The van der Waals surface area contributed by atoms with Crippen LogP contribution in [0.4, 0.5) is 5.88 Å². The second-order valence-corrected chi connectivity index (χ2v) is 8.76. The Hall–Kier alpha value is -1.83. The number of anilines is 1. The summed E-state index contributed by atoms with van der Waals surface area (Å²) in [4.78, 5) is 5.18. The van der Waals surface area contributed by atoms with E-state index in [4.69, 9.17) is 16.0 Å². The second-order valence-electron chi connectivity index (χ2n) is 5.51. The molecule has 0 amide bonds. The smallest absolute Gasteiger partial charge is 0.240 e. The van der Waals surface area contributed by atoms with E-state index in [2.05, 4.69) is 10.3 Å². The first-order chi connectivity index (χ1) is 11.5. The quantitative estimate of drug-likeness (QED) is 0.707. The van der Waals surface area contributed by atoms with E-state index in [9.17, 15) is 8.42 Å². The average Bonchev–Trinajstić information content (AvgIpc) is 3.04. The molecule has 0 radical (unpaired) electrons. The monoisotopic (exact) mass is 380 g/mol. The summed E-state index contributed by atoms with van der Waals surface area (Å²) in [6.07, 6.45) is 1.99. The van der Waals surface area contributed by atoms with Crippen molar-refractivity contribution in [1.29, 1.82) is 0 Å². The molecule has 8 heteroatoms. The predicted octanol–water partition coefficient (Wildman–Crippen LogP) is 4.46. The molecule has 1 aliphatic carbocycles. The molecule has 3 aromatic rings. The highest BCUT2D eigenvalue weighted by atomic mass is 35.5. The molecular weight excluding hydrogens is 368 g/mol. The predicted molar refractivity (Wildman–Crippen MR) is 93.4 cm³/mol. The Morgan fingerprint density at radius 2 is 1.96 bits per heavy atom. The highest BCUT2D eigenvalue weighted by Crippen LogP contribution is 2.36. The van der Waals surface area contributed by atoms with Crippen molar-refractivity contribution in [3.05, 3.63) is 46.8 Å². The molecule has 2 heterocycles. The standard InChI is InChI=1S/C16H13ClN2O3S2/c17-10-3-7-12(8-4-10)24(20,21)16-15(18-11-5-6-11)22-14(19-16)13-2-1-9-23-13/h1-4,7-9,11,18H,5-6H2. The Balaban J connectivity index is 1.81. The number of rotatable bonds is 5. The fourth-order valence-corrected chi connectivity index (χ4v) is 4.26. The zero-order valence-corrected chi connectivity index (χ0v) is 14.8. The number of benzene rings is 1. The summed E-state index contributed by atoms with van der Waals surface area (Å²) in [7, 11) is -3.80. The lowest BCUT2D eigenvalue weighted by Crippen LogP contribution is -2.08. The molecule has 5 nitrogen and oxygen atoms in total. The van der Waals surface area contributed by atoms with Crippen LogP contribution in [-0.4, -0.2) is 19.4 Å². The molecule has 0 spiro atoms. The Morgan fingerprint density at radius 3 is 2.58 bits per heavy atom. The minimum atomic E-state index is -3.80. The molecule has 0 bridgehead atoms. The van der Waals surface area contributed by atoms with Crippen molar-refractivity contribution >= 4 is 38.7 Å². The number of hydrogen-bond donors (Lipinski definition) is 1. The zero-order chi connectivity index (χ0) is 16.7. The summed E-state index contributed by atoms with van der Waals surface area (Å²) in [5.74, 6) is 0.511. The van der Waals surface area contributed by atoms with Gasteiger partial charge in [0, 0.05) is 11.1 Å². The van der Waals surface area contributed by atoms with Crippen LogP contribution in [0.2, 0.25) is 5.02 Å². The average molecular weight is 381 g/mol. The van der Waals surface area contributed by atoms with E-state index in [-0.39, 0.29) is 21.8 Å². The van der Waals surface area contributed by atoms with Gasteiger partial charge in [-0.2, -0.15) is 4.98 Å². The number of halogens is 1. The molecule has 0 aliphatic heterocycles. The van der Waals surface area contributed by atoms with Gasteiger partial charge in [0.05, 0.1) is 9.77 Å². The zero-order valence-electron chi connectivity index (χ0n) is 12.4. The summed E-state index contributed by atoms with van der Waals surface area (Å²) in [5.41, 5.74) is 0. The van der Waals surface area contributed by atoms with E-state index in [0.717, 1.165) is 17.7 Å². The molecule has 1 aliphatic rings. The highest BCUT2D eigenvalue weighted by Gasteiger charge is 2.32. The van der Waals surface area contributed by atoms with E-state index in [1.165, 1.54) is 23.5 Å². The molecule has 1 saturated carbocycles. The van der Waals surface area contributed by atoms with Gasteiger partial charge in [0.15, 0.2) is 0 Å². The minimum Gasteiger partial charge on any atom is -0.418 e. The first kappa shape index (κ1) is 15.7. The van der Waals surface area contributed by atoms with Crippen LogP contribution in [0.5, 0.6) is 0 Å². The minimum absolute atomic E-state index is 0.0832. The van der Waals surface area contributed by atoms with Crippen molar-refractivity contribution < 1.29 is 12.8 Å². The number of sulfone groups is 1. The van der Waals surface area contributed by atoms with E-state index in [0.29, 0.717) is 10.9 Å². The number of nitrogens with one attached hydrogen (secondary N) is 1. The van der Waals surface area contributed by atoms with Gasteiger partial charge in [0.25, 0.3) is 0 Å². The van der Waals surface area contributed by atoms with Gasteiger partial charge in [-0.15, -0.1) is 11.3 Å². The topological polar surface area (TPSA) is 72.2 Å².